The minimum atomic E-state index is -0.149. The van der Waals surface area contributed by atoms with Gasteiger partial charge >= 0.3 is 0 Å². The summed E-state index contributed by atoms with van der Waals surface area (Å²) in [5.41, 5.74) is 0. The van der Waals surface area contributed by atoms with Crippen LogP contribution in [0.15, 0.2) is 12.1 Å². The molecule has 2 nitrogen and oxygen atoms in total. The van der Waals surface area contributed by atoms with E-state index >= 15 is 0 Å². The van der Waals surface area contributed by atoms with Crippen molar-refractivity contribution >= 4 is 30.9 Å². The minimum Gasteiger partial charge on any atom is -0.504 e. The lowest BCUT2D eigenvalue weighted by Crippen LogP contribution is -2.25. The number of aromatic hydroxyl groups is 2. The van der Waals surface area contributed by atoms with E-state index < -0.39 is 0 Å². The molecule has 0 saturated carbocycles. The smallest absolute Gasteiger partial charge is 0.157 e. The number of benzene rings is 1. The lowest BCUT2D eigenvalue weighted by atomic mass is 10.3. The molecular weight excluding hydrogens is 160 g/mol. The molecule has 1 aromatic carbocycles. The molecule has 0 aliphatic carbocycles. The third kappa shape index (κ3) is 1.07. The molecule has 0 saturated heterocycles. The maximum absolute atomic E-state index is 9.06. The van der Waals surface area contributed by atoms with Crippen molar-refractivity contribution in [2.24, 2.45) is 0 Å². The van der Waals surface area contributed by atoms with E-state index in [4.69, 9.17) is 10.2 Å². The monoisotopic (exact) mass is 164 g/mol. The van der Waals surface area contributed by atoms with E-state index in [1.54, 1.807) is 6.07 Å². The first-order valence-electron chi connectivity index (χ1n) is 2.61. The fourth-order valence-electron chi connectivity index (χ4n) is 0.580. The van der Waals surface area contributed by atoms with Gasteiger partial charge in [-0.3, -0.25) is 0 Å². The van der Waals surface area contributed by atoms with E-state index in [2.05, 4.69) is 20.5 Å². The maximum atomic E-state index is 9.06. The third-order valence-electron chi connectivity index (χ3n) is 1.16. The Labute approximate surface area is 65.4 Å². The highest BCUT2D eigenvalue weighted by atomic mass is 28.2. The van der Waals surface area contributed by atoms with Crippen LogP contribution in [-0.4, -0.2) is 30.7 Å². The van der Waals surface area contributed by atoms with E-state index in [1.807, 2.05) is 0 Å². The fourth-order valence-corrected chi connectivity index (χ4v) is 0.993. The molecule has 0 aromatic heterocycles. The number of hydrogen-bond acceptors (Lipinski definition) is 2. The molecule has 0 fully saturated rings. The molecule has 1 aromatic rings. The Morgan fingerprint density at radius 2 is 1.70 bits per heavy atom. The molecule has 0 atom stereocenters. The molecule has 0 unspecified atom stereocenters. The van der Waals surface area contributed by atoms with Crippen molar-refractivity contribution in [2.75, 3.05) is 0 Å². The van der Waals surface area contributed by atoms with Crippen LogP contribution in [0.3, 0.4) is 0 Å². The zero-order valence-electron chi connectivity index (χ0n) is 5.05. The van der Waals surface area contributed by atoms with Crippen LogP contribution in [0, 0.1) is 0 Å². The van der Waals surface area contributed by atoms with Gasteiger partial charge in [0.25, 0.3) is 0 Å². The molecule has 4 heteroatoms. The number of phenols is 2. The van der Waals surface area contributed by atoms with Crippen molar-refractivity contribution in [3.05, 3.63) is 12.1 Å². The summed E-state index contributed by atoms with van der Waals surface area (Å²) in [6.45, 7) is 0. The second-order valence-corrected chi connectivity index (χ2v) is 2.89. The number of rotatable bonds is 0. The van der Waals surface area contributed by atoms with Gasteiger partial charge < -0.3 is 10.2 Å². The highest BCUT2D eigenvalue weighted by Gasteiger charge is 2.03. The van der Waals surface area contributed by atoms with Gasteiger partial charge in [-0.1, -0.05) is 11.3 Å². The van der Waals surface area contributed by atoms with E-state index in [0.29, 0.717) is 10.4 Å². The standard InChI is InChI=1S/C6H4O2Si2/c7-3-1-2-4(9)6(10)5(3)8/h1-2,7-8H. The lowest BCUT2D eigenvalue weighted by molar-refractivity contribution is 0.407. The number of phenolic OH excluding ortho intramolecular Hbond substituents is 2. The van der Waals surface area contributed by atoms with Crippen LogP contribution in [0.5, 0.6) is 11.5 Å². The van der Waals surface area contributed by atoms with E-state index in [1.165, 1.54) is 6.07 Å². The van der Waals surface area contributed by atoms with Crippen molar-refractivity contribution < 1.29 is 10.2 Å². The Morgan fingerprint density at radius 1 is 1.10 bits per heavy atom. The Kier molecular flexibility index (Phi) is 1.82. The zero-order chi connectivity index (χ0) is 7.72. The summed E-state index contributed by atoms with van der Waals surface area (Å²) in [6.07, 6.45) is 0. The molecule has 0 bridgehead atoms. The first-order valence-corrected chi connectivity index (χ1v) is 3.61. The van der Waals surface area contributed by atoms with Gasteiger partial charge in [0.15, 0.2) is 11.5 Å². The molecule has 1 rings (SSSR count). The molecule has 6 radical (unpaired) electrons. The Morgan fingerprint density at radius 3 is 2.20 bits per heavy atom. The zero-order valence-corrected chi connectivity index (χ0v) is 7.05. The molecule has 0 heterocycles. The highest BCUT2D eigenvalue weighted by molar-refractivity contribution is 6.49. The summed E-state index contributed by atoms with van der Waals surface area (Å²) in [5.74, 6) is -0.281. The van der Waals surface area contributed by atoms with Crippen LogP contribution in [0.1, 0.15) is 0 Å². The summed E-state index contributed by atoms with van der Waals surface area (Å²) in [5, 5.41) is 19.1. The molecular formula is C6H4O2Si2. The lowest BCUT2D eigenvalue weighted by Gasteiger charge is -2.03. The van der Waals surface area contributed by atoms with Crippen molar-refractivity contribution in [1.29, 1.82) is 0 Å². The van der Waals surface area contributed by atoms with E-state index in [9.17, 15) is 0 Å². The van der Waals surface area contributed by atoms with Crippen molar-refractivity contribution in [2.45, 2.75) is 0 Å². The first-order chi connectivity index (χ1) is 4.63. The van der Waals surface area contributed by atoms with Gasteiger partial charge in [-0.25, -0.2) is 0 Å². The van der Waals surface area contributed by atoms with Crippen LogP contribution in [0.4, 0.5) is 0 Å². The second-order valence-electron chi connectivity index (χ2n) is 1.86. The Balaban J connectivity index is 3.34. The van der Waals surface area contributed by atoms with Crippen molar-refractivity contribution in [3.63, 3.8) is 0 Å². The average molecular weight is 164 g/mol. The predicted octanol–water partition coefficient (Wildman–Crippen LogP) is -1.31. The van der Waals surface area contributed by atoms with Crippen LogP contribution in [0.2, 0.25) is 0 Å². The molecule has 0 aliphatic rings. The largest absolute Gasteiger partial charge is 0.504 e. The summed E-state index contributed by atoms with van der Waals surface area (Å²) in [6, 6.07) is 3.04. The van der Waals surface area contributed by atoms with Crippen LogP contribution < -0.4 is 10.4 Å². The van der Waals surface area contributed by atoms with Crippen molar-refractivity contribution in [3.8, 4) is 11.5 Å². The number of hydrogen-bond donors (Lipinski definition) is 2. The summed E-state index contributed by atoms with van der Waals surface area (Å²) >= 11 is 0. The van der Waals surface area contributed by atoms with Gasteiger partial charge in [0.1, 0.15) is 0 Å². The van der Waals surface area contributed by atoms with Crippen LogP contribution in [0.25, 0.3) is 0 Å². The van der Waals surface area contributed by atoms with E-state index in [-0.39, 0.29) is 11.5 Å². The fraction of sp³-hybridized carbons (Fsp3) is 0. The topological polar surface area (TPSA) is 40.5 Å². The molecule has 0 spiro atoms. The first kappa shape index (κ1) is 7.36. The summed E-state index contributed by atoms with van der Waals surface area (Å²) < 4.78 is 0. The molecule has 0 amide bonds. The van der Waals surface area contributed by atoms with Gasteiger partial charge in [0, 0.05) is 0 Å². The van der Waals surface area contributed by atoms with Gasteiger partial charge in [0.05, 0.1) is 20.5 Å². The summed E-state index contributed by atoms with van der Waals surface area (Å²) in [7, 11) is 6.33. The van der Waals surface area contributed by atoms with Crippen molar-refractivity contribution in [1.82, 2.24) is 0 Å². The van der Waals surface area contributed by atoms with Gasteiger partial charge in [0.2, 0.25) is 0 Å². The Bertz CT molecular complexity index is 233. The third-order valence-corrected chi connectivity index (χ3v) is 2.33. The average Bonchev–Trinajstić information content (AvgIpc) is 1.93. The SMILES string of the molecule is Oc1ccc([Si])c([Si])c1O. The quantitative estimate of drug-likeness (QED) is 0.369. The Hall–Kier alpha value is -0.746. The maximum Gasteiger partial charge on any atom is 0.157 e. The molecule has 2 N–H and O–H groups in total. The van der Waals surface area contributed by atoms with Crippen LogP contribution >= 0.6 is 0 Å². The highest BCUT2D eigenvalue weighted by Crippen LogP contribution is 2.17. The summed E-state index contributed by atoms with van der Waals surface area (Å²) in [4.78, 5) is 0. The normalized spacial score (nSPS) is 9.80. The molecule has 0 aliphatic heterocycles. The van der Waals surface area contributed by atoms with Gasteiger partial charge in [-0.2, -0.15) is 0 Å². The second kappa shape index (κ2) is 2.47. The van der Waals surface area contributed by atoms with E-state index in [0.717, 1.165) is 0 Å². The molecule has 10 heavy (non-hydrogen) atoms. The van der Waals surface area contributed by atoms with Gasteiger partial charge in [-0.15, -0.1) is 0 Å². The van der Waals surface area contributed by atoms with Crippen LogP contribution in [-0.2, 0) is 0 Å². The minimum absolute atomic E-state index is 0.132. The van der Waals surface area contributed by atoms with Gasteiger partial charge in [-0.05, 0) is 11.3 Å². The molecule has 48 valence electrons. The predicted molar refractivity (Wildman–Crippen MR) is 40.5 cm³/mol.